The van der Waals surface area contributed by atoms with E-state index in [0.29, 0.717) is 36.9 Å². The maximum atomic E-state index is 13.4. The van der Waals surface area contributed by atoms with Crippen LogP contribution in [0, 0.1) is 11.8 Å². The Bertz CT molecular complexity index is 1190. The molecule has 7 nitrogen and oxygen atoms in total. The van der Waals surface area contributed by atoms with Gasteiger partial charge in [0.25, 0.3) is 5.91 Å². The maximum absolute atomic E-state index is 13.4. The number of nitrogens with zero attached hydrogens (tertiary/aromatic N) is 3. The van der Waals surface area contributed by atoms with Crippen molar-refractivity contribution in [3.05, 3.63) is 59.6 Å². The Morgan fingerprint density at radius 3 is 2.47 bits per heavy atom. The van der Waals surface area contributed by atoms with Gasteiger partial charge in [0.15, 0.2) is 5.13 Å². The van der Waals surface area contributed by atoms with Crippen molar-refractivity contribution in [2.75, 3.05) is 31.5 Å². The molecule has 0 bridgehead atoms. The van der Waals surface area contributed by atoms with Gasteiger partial charge < -0.3 is 15.1 Å². The summed E-state index contributed by atoms with van der Waals surface area (Å²) < 4.78 is 0. The van der Waals surface area contributed by atoms with Crippen LogP contribution in [0.2, 0.25) is 0 Å². The average molecular weight is 477 g/mol. The molecule has 8 heteroatoms. The summed E-state index contributed by atoms with van der Waals surface area (Å²) in [4.78, 5) is 47.2. The Morgan fingerprint density at radius 2 is 1.65 bits per heavy atom. The minimum Gasteiger partial charge on any atom is -0.342 e. The molecule has 34 heavy (non-hydrogen) atoms. The van der Waals surface area contributed by atoms with Gasteiger partial charge >= 0.3 is 0 Å². The third-order valence-corrected chi connectivity index (χ3v) is 7.53. The molecule has 5 rings (SSSR count). The van der Waals surface area contributed by atoms with Crippen LogP contribution in [0.15, 0.2) is 54.0 Å². The third kappa shape index (κ3) is 4.68. The van der Waals surface area contributed by atoms with Crippen LogP contribution < -0.4 is 5.32 Å². The van der Waals surface area contributed by atoms with E-state index in [1.54, 1.807) is 6.20 Å². The average Bonchev–Trinajstić information content (AvgIpc) is 3.40. The second kappa shape index (κ2) is 9.93. The Kier molecular flexibility index (Phi) is 6.58. The van der Waals surface area contributed by atoms with E-state index in [4.69, 9.17) is 0 Å². The molecule has 3 heterocycles. The van der Waals surface area contributed by atoms with Gasteiger partial charge in [-0.2, -0.15) is 0 Å². The smallest absolute Gasteiger partial charge is 0.254 e. The van der Waals surface area contributed by atoms with Crippen LogP contribution in [0.25, 0.3) is 10.8 Å². The van der Waals surface area contributed by atoms with Crippen LogP contribution in [-0.2, 0) is 9.59 Å². The fourth-order valence-electron chi connectivity index (χ4n) is 5.09. The maximum Gasteiger partial charge on any atom is 0.254 e. The summed E-state index contributed by atoms with van der Waals surface area (Å²) in [7, 11) is 0. The number of aromatic nitrogens is 1. The molecule has 0 spiro atoms. The second-order valence-electron chi connectivity index (χ2n) is 9.07. The van der Waals surface area contributed by atoms with E-state index in [9.17, 15) is 14.4 Å². The summed E-state index contributed by atoms with van der Waals surface area (Å²) in [5.41, 5.74) is 0.683. The number of rotatable bonds is 4. The van der Waals surface area contributed by atoms with E-state index in [0.717, 1.165) is 36.5 Å². The summed E-state index contributed by atoms with van der Waals surface area (Å²) in [6.07, 6.45) is 4.79. The Morgan fingerprint density at radius 1 is 0.912 bits per heavy atom. The molecule has 0 aliphatic carbocycles. The first-order chi connectivity index (χ1) is 16.6. The molecule has 1 aromatic heterocycles. The van der Waals surface area contributed by atoms with E-state index in [2.05, 4.69) is 10.3 Å². The van der Waals surface area contributed by atoms with Crippen LogP contribution in [0.3, 0.4) is 0 Å². The Hall–Kier alpha value is -3.26. The summed E-state index contributed by atoms with van der Waals surface area (Å²) in [5.74, 6) is -0.508. The first kappa shape index (κ1) is 22.5. The van der Waals surface area contributed by atoms with E-state index >= 15 is 0 Å². The van der Waals surface area contributed by atoms with Gasteiger partial charge in [0.2, 0.25) is 11.8 Å². The number of benzene rings is 2. The minimum atomic E-state index is -0.237. The number of anilines is 1. The van der Waals surface area contributed by atoms with E-state index < -0.39 is 0 Å². The van der Waals surface area contributed by atoms with Gasteiger partial charge in [-0.25, -0.2) is 4.98 Å². The highest BCUT2D eigenvalue weighted by molar-refractivity contribution is 7.13. The number of fused-ring (bicyclic) bond motifs is 1. The molecule has 2 saturated heterocycles. The van der Waals surface area contributed by atoms with Crippen molar-refractivity contribution in [1.82, 2.24) is 14.8 Å². The van der Waals surface area contributed by atoms with Crippen molar-refractivity contribution in [3.8, 4) is 0 Å². The highest BCUT2D eigenvalue weighted by atomic mass is 32.1. The van der Waals surface area contributed by atoms with Crippen molar-refractivity contribution in [3.63, 3.8) is 0 Å². The van der Waals surface area contributed by atoms with Gasteiger partial charge in [-0.1, -0.05) is 36.4 Å². The third-order valence-electron chi connectivity index (χ3n) is 6.84. The molecular weight excluding hydrogens is 448 g/mol. The van der Waals surface area contributed by atoms with Crippen LogP contribution >= 0.6 is 11.3 Å². The fraction of sp³-hybridized carbons (Fsp3) is 0.385. The largest absolute Gasteiger partial charge is 0.342 e. The quantitative estimate of drug-likeness (QED) is 0.617. The zero-order chi connectivity index (χ0) is 23.5. The molecule has 1 N–H and O–H groups in total. The minimum absolute atomic E-state index is 0.0198. The van der Waals surface area contributed by atoms with Crippen LogP contribution in [-0.4, -0.2) is 58.7 Å². The second-order valence-corrected chi connectivity index (χ2v) is 9.96. The number of amides is 3. The molecular formula is C26H28N4O3S. The standard InChI is InChI=1S/C26H28N4O3S/c31-23(28-26-27-12-15-34-26)19-8-4-13-29(16-19)24(32)20-9-5-14-30(17-20)25(33)22-11-3-7-18-6-1-2-10-21(18)22/h1-3,6-7,10-12,15,19-20H,4-5,8-9,13-14,16-17H2,(H,27,28,31). The highest BCUT2D eigenvalue weighted by Gasteiger charge is 2.35. The normalized spacial score (nSPS) is 20.8. The summed E-state index contributed by atoms with van der Waals surface area (Å²) in [6.45, 7) is 2.16. The molecule has 2 fully saturated rings. The number of piperidine rings is 2. The van der Waals surface area contributed by atoms with Crippen LogP contribution in [0.1, 0.15) is 36.0 Å². The van der Waals surface area contributed by atoms with Crippen molar-refractivity contribution < 1.29 is 14.4 Å². The highest BCUT2D eigenvalue weighted by Crippen LogP contribution is 2.27. The summed E-state index contributed by atoms with van der Waals surface area (Å²) in [6, 6.07) is 13.7. The fourth-order valence-corrected chi connectivity index (χ4v) is 5.62. The number of hydrogen-bond acceptors (Lipinski definition) is 5. The molecule has 0 saturated carbocycles. The number of nitrogens with one attached hydrogen (secondary N) is 1. The number of carbonyl (C=O) groups excluding carboxylic acids is 3. The lowest BCUT2D eigenvalue weighted by Crippen LogP contribution is -2.50. The molecule has 0 radical (unpaired) electrons. The van der Waals surface area contributed by atoms with Crippen molar-refractivity contribution in [1.29, 1.82) is 0 Å². The number of hydrogen-bond donors (Lipinski definition) is 1. The molecule has 3 aromatic rings. The van der Waals surface area contributed by atoms with Gasteiger partial charge in [0.05, 0.1) is 11.8 Å². The molecule has 2 aromatic carbocycles. The van der Waals surface area contributed by atoms with Crippen molar-refractivity contribution in [2.24, 2.45) is 11.8 Å². The molecule has 2 aliphatic heterocycles. The lowest BCUT2D eigenvalue weighted by atomic mass is 9.92. The number of thiazole rings is 1. The van der Waals surface area contributed by atoms with E-state index in [1.165, 1.54) is 11.3 Å². The number of carbonyl (C=O) groups is 3. The van der Waals surface area contributed by atoms with Gasteiger partial charge in [0, 0.05) is 43.3 Å². The molecule has 2 aliphatic rings. The lowest BCUT2D eigenvalue weighted by Gasteiger charge is -2.38. The summed E-state index contributed by atoms with van der Waals surface area (Å²) in [5, 5.41) is 7.24. The van der Waals surface area contributed by atoms with Gasteiger partial charge in [-0.15, -0.1) is 11.3 Å². The zero-order valence-corrected chi connectivity index (χ0v) is 19.8. The lowest BCUT2D eigenvalue weighted by molar-refractivity contribution is -0.139. The molecule has 3 amide bonds. The predicted octanol–water partition coefficient (Wildman–Crippen LogP) is 4.03. The number of likely N-dealkylation sites (tertiary alicyclic amines) is 2. The van der Waals surface area contributed by atoms with Gasteiger partial charge in [-0.3, -0.25) is 14.4 Å². The summed E-state index contributed by atoms with van der Waals surface area (Å²) >= 11 is 1.39. The van der Waals surface area contributed by atoms with Crippen LogP contribution in [0.4, 0.5) is 5.13 Å². The molecule has 2 atom stereocenters. The first-order valence-corrected chi connectivity index (χ1v) is 12.7. The van der Waals surface area contributed by atoms with E-state index in [-0.39, 0.29) is 29.6 Å². The first-order valence-electron chi connectivity index (χ1n) is 11.9. The zero-order valence-electron chi connectivity index (χ0n) is 19.0. The Labute approximate surface area is 202 Å². The molecule has 2 unspecified atom stereocenters. The SMILES string of the molecule is O=C(Nc1nccs1)C1CCCN(C(=O)C2CCCN(C(=O)c3cccc4ccccc34)C2)C1. The van der Waals surface area contributed by atoms with E-state index in [1.807, 2.05) is 57.6 Å². The van der Waals surface area contributed by atoms with Gasteiger partial charge in [-0.05, 0) is 42.5 Å². The predicted molar refractivity (Wildman–Crippen MR) is 133 cm³/mol. The van der Waals surface area contributed by atoms with Crippen molar-refractivity contribution >= 4 is 45.0 Å². The van der Waals surface area contributed by atoms with Crippen molar-refractivity contribution in [2.45, 2.75) is 25.7 Å². The Balaban J connectivity index is 1.24. The topological polar surface area (TPSA) is 82.6 Å². The molecule has 176 valence electrons. The van der Waals surface area contributed by atoms with Crippen LogP contribution in [0.5, 0.6) is 0 Å². The van der Waals surface area contributed by atoms with Gasteiger partial charge in [0.1, 0.15) is 0 Å². The monoisotopic (exact) mass is 476 g/mol.